The summed E-state index contributed by atoms with van der Waals surface area (Å²) in [6.07, 6.45) is 3.17. The highest BCUT2D eigenvalue weighted by molar-refractivity contribution is 5.99. The lowest BCUT2D eigenvalue weighted by Crippen LogP contribution is -2.24. The second-order valence-corrected chi connectivity index (χ2v) is 6.99. The molecule has 0 saturated heterocycles. The predicted molar refractivity (Wildman–Crippen MR) is 105 cm³/mol. The molecule has 1 aliphatic carbocycles. The zero-order valence-electron chi connectivity index (χ0n) is 16.6. The Kier molecular flexibility index (Phi) is 5.92. The lowest BCUT2D eigenvalue weighted by molar-refractivity contribution is -0.119. The van der Waals surface area contributed by atoms with E-state index in [2.05, 4.69) is 15.3 Å². The molecule has 0 fully saturated rings. The highest BCUT2D eigenvalue weighted by Gasteiger charge is 2.30. The zero-order chi connectivity index (χ0) is 20.3. The largest absolute Gasteiger partial charge is 0.497 e. The number of hydrogen-bond acceptors (Lipinski definition) is 6. The fraction of sp³-hybridized carbons (Fsp3) is 0.429. The summed E-state index contributed by atoms with van der Waals surface area (Å²) >= 11 is 0. The van der Waals surface area contributed by atoms with Crippen molar-refractivity contribution in [3.05, 3.63) is 41.2 Å². The van der Waals surface area contributed by atoms with Crippen molar-refractivity contribution >= 4 is 17.6 Å². The van der Waals surface area contributed by atoms with Crippen molar-refractivity contribution < 1.29 is 19.1 Å². The molecule has 7 heteroatoms. The maximum atomic E-state index is 12.6. The van der Waals surface area contributed by atoms with Gasteiger partial charge < -0.3 is 9.47 Å². The molecule has 7 nitrogen and oxygen atoms in total. The maximum absolute atomic E-state index is 12.6. The Bertz CT molecular complexity index is 897. The van der Waals surface area contributed by atoms with Crippen LogP contribution in [0.2, 0.25) is 0 Å². The van der Waals surface area contributed by atoms with E-state index in [1.54, 1.807) is 14.2 Å². The van der Waals surface area contributed by atoms with Crippen LogP contribution in [0.5, 0.6) is 11.5 Å². The number of benzene rings is 1. The summed E-state index contributed by atoms with van der Waals surface area (Å²) in [7, 11) is 3.20. The SMILES string of the molecule is CC[C@H](C)C(=O)Nc1ncc2c(n1)C[C@H](c1ccc(OC)cc1OC)CC2=O. The first-order chi connectivity index (χ1) is 13.5. The normalized spacial score (nSPS) is 16.9. The summed E-state index contributed by atoms with van der Waals surface area (Å²) in [5.74, 6) is 1.29. The molecule has 1 heterocycles. The summed E-state index contributed by atoms with van der Waals surface area (Å²) in [6, 6.07) is 5.59. The van der Waals surface area contributed by atoms with E-state index in [1.165, 1.54) is 6.20 Å². The zero-order valence-corrected chi connectivity index (χ0v) is 16.6. The van der Waals surface area contributed by atoms with E-state index in [1.807, 2.05) is 32.0 Å². The van der Waals surface area contributed by atoms with Crippen LogP contribution < -0.4 is 14.8 Å². The molecule has 0 saturated carbocycles. The molecule has 0 radical (unpaired) electrons. The molecule has 148 valence electrons. The molecule has 1 aromatic heterocycles. The number of rotatable bonds is 6. The fourth-order valence-corrected chi connectivity index (χ4v) is 3.30. The molecule has 1 amide bonds. The summed E-state index contributed by atoms with van der Waals surface area (Å²) in [5, 5.41) is 2.74. The number of anilines is 1. The van der Waals surface area contributed by atoms with Gasteiger partial charge in [-0.15, -0.1) is 0 Å². The lowest BCUT2D eigenvalue weighted by atomic mass is 9.82. The van der Waals surface area contributed by atoms with Crippen molar-refractivity contribution in [2.45, 2.75) is 39.0 Å². The van der Waals surface area contributed by atoms with Gasteiger partial charge in [0.15, 0.2) is 5.78 Å². The Morgan fingerprint density at radius 3 is 2.75 bits per heavy atom. The van der Waals surface area contributed by atoms with Crippen molar-refractivity contribution in [3.63, 3.8) is 0 Å². The number of amides is 1. The lowest BCUT2D eigenvalue weighted by Gasteiger charge is -2.25. The van der Waals surface area contributed by atoms with E-state index in [0.717, 1.165) is 12.0 Å². The number of Topliss-reactive ketones (excluding diaryl/α,β-unsaturated/α-hetero) is 1. The molecule has 1 aromatic carbocycles. The maximum Gasteiger partial charge on any atom is 0.229 e. The summed E-state index contributed by atoms with van der Waals surface area (Å²) < 4.78 is 10.7. The number of aromatic nitrogens is 2. The molecule has 2 atom stereocenters. The molecule has 28 heavy (non-hydrogen) atoms. The van der Waals surface area contributed by atoms with Crippen LogP contribution in [0, 0.1) is 5.92 Å². The number of carbonyl (C=O) groups is 2. The van der Waals surface area contributed by atoms with Crippen molar-refractivity contribution in [2.75, 3.05) is 19.5 Å². The number of hydrogen-bond donors (Lipinski definition) is 1. The van der Waals surface area contributed by atoms with Gasteiger partial charge in [-0.05, 0) is 24.5 Å². The number of nitrogens with one attached hydrogen (secondary N) is 1. The molecular weight excluding hydrogens is 358 g/mol. The monoisotopic (exact) mass is 383 g/mol. The standard InChI is InChI=1S/C21H25N3O4/c1-5-12(2)20(26)24-21-22-11-16-17(23-21)8-13(9-18(16)25)15-7-6-14(27-3)10-19(15)28-4/h6-7,10-13H,5,8-9H2,1-4H3,(H,22,23,24,26)/t12-,13-/m0/s1. The van der Waals surface area contributed by atoms with E-state index in [4.69, 9.17) is 9.47 Å². The second-order valence-electron chi connectivity index (χ2n) is 6.99. The molecule has 0 spiro atoms. The third-order valence-electron chi connectivity index (χ3n) is 5.22. The Morgan fingerprint density at radius 2 is 2.07 bits per heavy atom. The number of ether oxygens (including phenoxy) is 2. The number of ketones is 1. The quantitative estimate of drug-likeness (QED) is 0.822. The smallest absolute Gasteiger partial charge is 0.229 e. The van der Waals surface area contributed by atoms with Crippen LogP contribution in [0.3, 0.4) is 0 Å². The van der Waals surface area contributed by atoms with Crippen LogP contribution in [-0.2, 0) is 11.2 Å². The molecule has 3 rings (SSSR count). The molecule has 1 N–H and O–H groups in total. The van der Waals surface area contributed by atoms with Crippen LogP contribution in [0.15, 0.2) is 24.4 Å². The Hall–Kier alpha value is -2.96. The molecule has 2 aromatic rings. The third kappa shape index (κ3) is 3.98. The Morgan fingerprint density at radius 1 is 1.29 bits per heavy atom. The van der Waals surface area contributed by atoms with E-state index < -0.39 is 0 Å². The van der Waals surface area contributed by atoms with Crippen molar-refractivity contribution in [3.8, 4) is 11.5 Å². The molecule has 1 aliphatic rings. The summed E-state index contributed by atoms with van der Waals surface area (Å²) in [6.45, 7) is 3.80. The summed E-state index contributed by atoms with van der Waals surface area (Å²) in [5.41, 5.74) is 2.10. The van der Waals surface area contributed by atoms with Crippen molar-refractivity contribution in [2.24, 2.45) is 5.92 Å². The first-order valence-corrected chi connectivity index (χ1v) is 9.38. The van der Waals surface area contributed by atoms with Gasteiger partial charge in [0.1, 0.15) is 11.5 Å². The fourth-order valence-electron chi connectivity index (χ4n) is 3.30. The number of methoxy groups -OCH3 is 2. The second kappa shape index (κ2) is 8.37. The molecule has 0 bridgehead atoms. The van der Waals surface area contributed by atoms with Gasteiger partial charge in [-0.25, -0.2) is 9.97 Å². The minimum Gasteiger partial charge on any atom is -0.497 e. The van der Waals surface area contributed by atoms with Crippen LogP contribution in [0.25, 0.3) is 0 Å². The van der Waals surface area contributed by atoms with Gasteiger partial charge >= 0.3 is 0 Å². The molecule has 0 aliphatic heterocycles. The van der Waals surface area contributed by atoms with Gasteiger partial charge in [0.05, 0.1) is 25.5 Å². The topological polar surface area (TPSA) is 90.4 Å². The third-order valence-corrected chi connectivity index (χ3v) is 5.22. The minimum absolute atomic E-state index is 0.0103. The van der Waals surface area contributed by atoms with E-state index >= 15 is 0 Å². The van der Waals surface area contributed by atoms with Gasteiger partial charge in [0, 0.05) is 30.5 Å². The Labute approximate surface area is 164 Å². The van der Waals surface area contributed by atoms with Crippen LogP contribution in [0.1, 0.15) is 54.2 Å². The van der Waals surface area contributed by atoms with E-state index in [0.29, 0.717) is 35.6 Å². The first-order valence-electron chi connectivity index (χ1n) is 9.38. The average Bonchev–Trinajstić information content (AvgIpc) is 2.72. The van der Waals surface area contributed by atoms with Crippen LogP contribution >= 0.6 is 0 Å². The van der Waals surface area contributed by atoms with Gasteiger partial charge in [-0.2, -0.15) is 0 Å². The number of nitrogens with zero attached hydrogens (tertiary/aromatic N) is 2. The van der Waals surface area contributed by atoms with Crippen LogP contribution in [0.4, 0.5) is 5.95 Å². The van der Waals surface area contributed by atoms with Gasteiger partial charge in [-0.3, -0.25) is 14.9 Å². The van der Waals surface area contributed by atoms with Crippen LogP contribution in [-0.4, -0.2) is 35.9 Å². The predicted octanol–water partition coefficient (Wildman–Crippen LogP) is 3.39. The van der Waals surface area contributed by atoms with Gasteiger partial charge in [0.2, 0.25) is 11.9 Å². The first kappa shape index (κ1) is 19.8. The van der Waals surface area contributed by atoms with Gasteiger partial charge in [-0.1, -0.05) is 19.9 Å². The number of fused-ring (bicyclic) bond motifs is 1. The summed E-state index contributed by atoms with van der Waals surface area (Å²) in [4.78, 5) is 33.4. The van der Waals surface area contributed by atoms with E-state index in [-0.39, 0.29) is 29.5 Å². The minimum atomic E-state index is -0.127. The van der Waals surface area contributed by atoms with E-state index in [9.17, 15) is 9.59 Å². The van der Waals surface area contributed by atoms with Gasteiger partial charge in [0.25, 0.3) is 0 Å². The number of carbonyl (C=O) groups excluding carboxylic acids is 2. The van der Waals surface area contributed by atoms with Crippen molar-refractivity contribution in [1.82, 2.24) is 9.97 Å². The highest BCUT2D eigenvalue weighted by Crippen LogP contribution is 2.38. The van der Waals surface area contributed by atoms with Crippen molar-refractivity contribution in [1.29, 1.82) is 0 Å². The Balaban J connectivity index is 1.88. The average molecular weight is 383 g/mol. The molecule has 0 unspecified atom stereocenters. The molecular formula is C21H25N3O4. The highest BCUT2D eigenvalue weighted by atomic mass is 16.5.